The van der Waals surface area contributed by atoms with Gasteiger partial charge in [-0.1, -0.05) is 23.4 Å². The Bertz CT molecular complexity index is 323. The van der Waals surface area contributed by atoms with Gasteiger partial charge in [0.1, 0.15) is 0 Å². The quantitative estimate of drug-likeness (QED) is 0.703. The third kappa shape index (κ3) is 1.88. The maximum Gasteiger partial charge on any atom is 0.0635 e. The van der Waals surface area contributed by atoms with Gasteiger partial charge in [-0.2, -0.15) is 0 Å². The molecule has 2 rings (SSSR count). The van der Waals surface area contributed by atoms with Crippen molar-refractivity contribution in [2.75, 3.05) is 0 Å². The molecule has 0 aromatic heterocycles. The van der Waals surface area contributed by atoms with Crippen molar-refractivity contribution in [2.45, 2.75) is 25.8 Å². The molecule has 0 heterocycles. The second kappa shape index (κ2) is 3.10. The summed E-state index contributed by atoms with van der Waals surface area (Å²) in [7, 11) is 0. The topological polar surface area (TPSA) is 43.7 Å². The summed E-state index contributed by atoms with van der Waals surface area (Å²) in [5.74, 6) is 0. The lowest BCUT2D eigenvalue weighted by Crippen LogP contribution is -2.27. The monoisotopic (exact) mass is 179 g/mol. The highest BCUT2D eigenvalue weighted by molar-refractivity contribution is 5.47. The lowest BCUT2D eigenvalue weighted by molar-refractivity contribution is -0.328. The Balaban J connectivity index is 2.03. The second-order valence-electron chi connectivity index (χ2n) is 3.65. The van der Waals surface area contributed by atoms with Crippen molar-refractivity contribution in [3.8, 4) is 0 Å². The first-order chi connectivity index (χ1) is 6.16. The highest BCUT2D eigenvalue weighted by atomic mass is 16.8. The Kier molecular flexibility index (Phi) is 2.07. The Morgan fingerprint density at radius 1 is 1.38 bits per heavy atom. The van der Waals surface area contributed by atoms with Gasteiger partial charge in [-0.15, -0.1) is 0 Å². The summed E-state index contributed by atoms with van der Waals surface area (Å²) in [6.45, 7) is 1.77. The molecule has 0 amide bonds. The van der Waals surface area contributed by atoms with Crippen LogP contribution in [-0.2, 0) is 12.8 Å². The van der Waals surface area contributed by atoms with Crippen LogP contribution in [0.2, 0.25) is 0 Å². The molecule has 13 heavy (non-hydrogen) atoms. The van der Waals surface area contributed by atoms with E-state index in [1.165, 1.54) is 11.1 Å². The summed E-state index contributed by atoms with van der Waals surface area (Å²) in [5.41, 5.74) is 3.98. The number of benzene rings is 1. The number of nitrogens with zero attached hydrogens (tertiary/aromatic N) is 1. The van der Waals surface area contributed by atoms with Crippen molar-refractivity contribution in [1.29, 1.82) is 0 Å². The van der Waals surface area contributed by atoms with E-state index >= 15 is 0 Å². The van der Waals surface area contributed by atoms with E-state index in [0.29, 0.717) is 6.42 Å². The summed E-state index contributed by atoms with van der Waals surface area (Å²) in [6.07, 6.45) is 1.77. The van der Waals surface area contributed by atoms with Crippen LogP contribution in [0.25, 0.3) is 0 Å². The maximum atomic E-state index is 8.75. The van der Waals surface area contributed by atoms with E-state index in [1.807, 2.05) is 6.07 Å². The Labute approximate surface area is 77.1 Å². The summed E-state index contributed by atoms with van der Waals surface area (Å²) in [4.78, 5) is 0. The van der Waals surface area contributed by atoms with Crippen molar-refractivity contribution < 1.29 is 10.4 Å². The molecule has 2 N–H and O–H groups in total. The minimum Gasteiger partial charge on any atom is -0.289 e. The number of hydroxylamine groups is 2. The van der Waals surface area contributed by atoms with Crippen molar-refractivity contribution in [3.63, 3.8) is 0 Å². The van der Waals surface area contributed by atoms with Crippen LogP contribution in [0, 0.1) is 0 Å². The second-order valence-corrected chi connectivity index (χ2v) is 3.65. The Morgan fingerprint density at radius 2 is 2.15 bits per heavy atom. The van der Waals surface area contributed by atoms with Crippen LogP contribution >= 0.6 is 0 Å². The molecule has 3 nitrogen and oxygen atoms in total. The third-order valence-corrected chi connectivity index (χ3v) is 2.45. The van der Waals surface area contributed by atoms with Gasteiger partial charge in [-0.25, -0.2) is 0 Å². The molecule has 0 fully saturated rings. The smallest absolute Gasteiger partial charge is 0.0635 e. The van der Waals surface area contributed by atoms with Crippen molar-refractivity contribution in [2.24, 2.45) is 0 Å². The average Bonchev–Trinajstić information content (AvgIpc) is 2.81. The van der Waals surface area contributed by atoms with Gasteiger partial charge in [0, 0.05) is 0 Å². The van der Waals surface area contributed by atoms with Crippen LogP contribution in [0.3, 0.4) is 0 Å². The highest BCUT2D eigenvalue weighted by Gasteiger charge is 2.17. The van der Waals surface area contributed by atoms with Crippen molar-refractivity contribution in [3.05, 3.63) is 34.9 Å². The van der Waals surface area contributed by atoms with Gasteiger partial charge in [0.15, 0.2) is 0 Å². The first-order valence-electron chi connectivity index (χ1n) is 4.44. The van der Waals surface area contributed by atoms with Crippen molar-refractivity contribution >= 4 is 0 Å². The first kappa shape index (κ1) is 8.69. The molecule has 1 unspecified atom stereocenters. The van der Waals surface area contributed by atoms with E-state index in [-0.39, 0.29) is 11.3 Å². The van der Waals surface area contributed by atoms with Crippen LogP contribution < -0.4 is 0 Å². The molecule has 1 atom stereocenters. The summed E-state index contributed by atoms with van der Waals surface area (Å²) < 4.78 is 0. The molecule has 0 spiro atoms. The molecule has 1 aliphatic carbocycles. The zero-order chi connectivity index (χ0) is 9.42. The molecule has 0 saturated heterocycles. The predicted molar refractivity (Wildman–Crippen MR) is 47.8 cm³/mol. The summed E-state index contributed by atoms with van der Waals surface area (Å²) >= 11 is 0. The normalized spacial score (nSPS) is 15.7. The highest BCUT2D eigenvalue weighted by Crippen LogP contribution is 2.28. The Hall–Kier alpha value is -0.900. The molecule has 1 aromatic rings. The lowest BCUT2D eigenvalue weighted by Gasteiger charge is -2.15. The maximum absolute atomic E-state index is 8.75. The minimum absolute atomic E-state index is 0.253. The van der Waals surface area contributed by atoms with Gasteiger partial charge >= 0.3 is 0 Å². The van der Waals surface area contributed by atoms with E-state index in [0.717, 1.165) is 12.0 Å². The molecular weight excluding hydrogens is 166 g/mol. The minimum atomic E-state index is -0.253. The van der Waals surface area contributed by atoms with E-state index in [2.05, 4.69) is 12.1 Å². The van der Waals surface area contributed by atoms with E-state index < -0.39 is 0 Å². The van der Waals surface area contributed by atoms with E-state index in [9.17, 15) is 0 Å². The van der Waals surface area contributed by atoms with Crippen LogP contribution in [0.1, 0.15) is 23.6 Å². The van der Waals surface area contributed by atoms with Gasteiger partial charge < -0.3 is 0 Å². The molecule has 0 saturated carbocycles. The van der Waals surface area contributed by atoms with Gasteiger partial charge in [-0.05, 0) is 36.5 Å². The molecule has 3 heteroatoms. The molecule has 0 radical (unpaired) electrons. The lowest BCUT2D eigenvalue weighted by atomic mass is 10.1. The zero-order valence-electron chi connectivity index (χ0n) is 7.57. The van der Waals surface area contributed by atoms with Crippen LogP contribution in [0.5, 0.6) is 0 Å². The summed E-state index contributed by atoms with van der Waals surface area (Å²) in [5, 5.41) is 17.8. The molecular formula is C10H13NO2. The Morgan fingerprint density at radius 3 is 2.77 bits per heavy atom. The van der Waals surface area contributed by atoms with Gasteiger partial charge in [-0.3, -0.25) is 10.4 Å². The number of hydrogen-bond donors (Lipinski definition) is 2. The van der Waals surface area contributed by atoms with Gasteiger partial charge in [0.2, 0.25) is 0 Å². The van der Waals surface area contributed by atoms with Gasteiger partial charge in [0.05, 0.1) is 6.04 Å². The standard InChI is InChI=1S/C10H13NO2/c1-7(11(12)13)4-8-2-3-9-6-10(9)5-8/h2-3,5,7,12-13H,4,6H2,1H3. The molecule has 0 aliphatic heterocycles. The van der Waals surface area contributed by atoms with Crippen molar-refractivity contribution in [1.82, 2.24) is 5.23 Å². The molecule has 1 aliphatic rings. The predicted octanol–water partition coefficient (Wildman–Crippen LogP) is 1.60. The van der Waals surface area contributed by atoms with E-state index in [1.54, 1.807) is 6.92 Å². The molecule has 1 aromatic carbocycles. The van der Waals surface area contributed by atoms with Crippen LogP contribution in [0.15, 0.2) is 18.2 Å². The third-order valence-electron chi connectivity index (χ3n) is 2.45. The first-order valence-corrected chi connectivity index (χ1v) is 4.44. The number of rotatable bonds is 3. The number of hydrogen-bond acceptors (Lipinski definition) is 3. The molecule has 0 bridgehead atoms. The van der Waals surface area contributed by atoms with Crippen LogP contribution in [-0.4, -0.2) is 21.7 Å². The van der Waals surface area contributed by atoms with Crippen LogP contribution in [0.4, 0.5) is 0 Å². The fourth-order valence-corrected chi connectivity index (χ4v) is 1.50. The average molecular weight is 179 g/mol. The van der Waals surface area contributed by atoms with E-state index in [4.69, 9.17) is 10.4 Å². The van der Waals surface area contributed by atoms with Gasteiger partial charge in [0.25, 0.3) is 0 Å². The molecule has 70 valence electrons. The zero-order valence-corrected chi connectivity index (χ0v) is 7.57. The largest absolute Gasteiger partial charge is 0.289 e. The fraction of sp³-hybridized carbons (Fsp3) is 0.400. The SMILES string of the molecule is CC(Cc1ccc2c(c1)C2)N(O)O. The summed E-state index contributed by atoms with van der Waals surface area (Å²) in [6, 6.07) is 6.04. The number of fused-ring (bicyclic) bond motifs is 1. The fourth-order valence-electron chi connectivity index (χ4n) is 1.50.